The first-order valence-corrected chi connectivity index (χ1v) is 25.4. The molecule has 0 aliphatic rings. The first kappa shape index (κ1) is 43.8. The molecule has 1 N–H and O–H groups in total. The molecule has 0 saturated carbocycles. The summed E-state index contributed by atoms with van der Waals surface area (Å²) in [6, 6.07) is 48.3. The number of phenols is 1. The van der Waals surface area contributed by atoms with Gasteiger partial charge >= 0.3 is 5.84 Å². The maximum atomic E-state index is 12.5. The molecule has 0 bridgehead atoms. The van der Waals surface area contributed by atoms with Crippen LogP contribution in [0, 0.1) is 6.07 Å². The van der Waals surface area contributed by atoms with Crippen molar-refractivity contribution >= 4 is 41.2 Å². The van der Waals surface area contributed by atoms with Crippen LogP contribution in [-0.4, -0.2) is 42.3 Å². The van der Waals surface area contributed by atoms with Crippen LogP contribution in [0.1, 0.15) is 52.7 Å². The van der Waals surface area contributed by atoms with E-state index in [1.165, 1.54) is 11.5 Å². The van der Waals surface area contributed by atoms with Crippen molar-refractivity contribution in [2.24, 2.45) is 0 Å². The van der Waals surface area contributed by atoms with E-state index in [1.54, 1.807) is 4.52 Å². The van der Waals surface area contributed by atoms with Gasteiger partial charge in [-0.25, -0.2) is 4.98 Å². The van der Waals surface area contributed by atoms with Gasteiger partial charge < -0.3 is 9.52 Å². The van der Waals surface area contributed by atoms with Crippen LogP contribution in [0.5, 0.6) is 5.75 Å². The van der Waals surface area contributed by atoms with Crippen molar-refractivity contribution in [2.45, 2.75) is 72.0 Å². The van der Waals surface area contributed by atoms with Crippen LogP contribution in [0.4, 0.5) is 0 Å². The number of nitrogens with zero attached hydrogens (tertiary/aromatic N) is 6. The standard InChI is InChI=1S/C55H51N6O2Si.Pt/c1-54(2,3)38-30-43(50(62)44(31-38)55(4,5)6)52-59-49-40(21-16-22-47(49)60(52)46-24-23-39(64(7,8)9)32-41(46)35-19-14-11-15-20-35)37-27-42(51-48(29-37)61-53(63-51)57-33-58-61)45-28-36(25-26-56-45)34-17-12-10-13-18-34;/h10-26,28-33,62H,1-9H3;/q-1;. The van der Waals surface area contributed by atoms with E-state index in [4.69, 9.17) is 14.4 Å². The van der Waals surface area contributed by atoms with Crippen molar-refractivity contribution in [1.82, 2.24) is 29.1 Å². The fraction of sp³-hybridized carbons (Fsp3) is 0.200. The third-order valence-electron chi connectivity index (χ3n) is 12.3. The van der Waals surface area contributed by atoms with Crippen molar-refractivity contribution in [3.63, 3.8) is 0 Å². The van der Waals surface area contributed by atoms with Gasteiger partial charge in [-0.3, -0.25) is 9.55 Å². The summed E-state index contributed by atoms with van der Waals surface area (Å²) in [5.74, 6) is 1.25. The number of hydrogen-bond donors (Lipinski definition) is 1. The van der Waals surface area contributed by atoms with Gasteiger partial charge in [0.2, 0.25) is 0 Å². The van der Waals surface area contributed by atoms with Crippen molar-refractivity contribution in [2.75, 3.05) is 0 Å². The second-order valence-electron chi connectivity index (χ2n) is 19.8. The van der Waals surface area contributed by atoms with Gasteiger partial charge in [0, 0.05) is 49.6 Å². The van der Waals surface area contributed by atoms with Gasteiger partial charge in [-0.2, -0.15) is 14.6 Å². The Morgan fingerprint density at radius 1 is 0.662 bits per heavy atom. The van der Waals surface area contributed by atoms with Crippen molar-refractivity contribution in [1.29, 1.82) is 0 Å². The Balaban J connectivity index is 0.00000533. The molecular formula is C55H51N6O2PtSi-. The molecule has 10 aromatic rings. The number of hydrogen-bond acceptors (Lipinski definition) is 6. The SMILES string of the molecule is CC(C)(C)c1cc(-c2nc3c(-c4[c-]c(-c5cc(-c6ccccc6)ccn5)c5oc6ncnn6c5c4)cccc3n2-c2ccc([Si](C)(C)C)cc2-c2ccccc2)c(O)c(C(C)(C)C)c1.[Pt]. The Morgan fingerprint density at radius 2 is 1.38 bits per heavy atom. The van der Waals surface area contributed by atoms with E-state index < -0.39 is 8.07 Å². The van der Waals surface area contributed by atoms with E-state index in [0.717, 1.165) is 66.7 Å². The third kappa shape index (κ3) is 7.85. The summed E-state index contributed by atoms with van der Waals surface area (Å²) in [7, 11) is -1.74. The summed E-state index contributed by atoms with van der Waals surface area (Å²) in [6.45, 7) is 20.3. The number of phenolic OH excluding ortho intramolecular Hbond substituents is 1. The van der Waals surface area contributed by atoms with Crippen LogP contribution < -0.4 is 5.19 Å². The second kappa shape index (κ2) is 16.2. The fourth-order valence-electron chi connectivity index (χ4n) is 8.68. The Kier molecular flexibility index (Phi) is 10.9. The van der Waals surface area contributed by atoms with Crippen molar-refractivity contribution < 1.29 is 30.6 Å². The minimum atomic E-state index is -1.74. The normalized spacial score (nSPS) is 12.3. The molecule has 4 heterocycles. The van der Waals surface area contributed by atoms with Crippen LogP contribution >= 0.6 is 0 Å². The predicted molar refractivity (Wildman–Crippen MR) is 263 cm³/mol. The number of imidazole rings is 1. The van der Waals surface area contributed by atoms with E-state index in [1.807, 2.05) is 36.5 Å². The van der Waals surface area contributed by atoms with Gasteiger partial charge in [0.1, 0.15) is 17.9 Å². The van der Waals surface area contributed by atoms with E-state index in [-0.39, 0.29) is 37.6 Å². The number of pyridine rings is 1. The van der Waals surface area contributed by atoms with Crippen LogP contribution in [0.25, 0.3) is 89.7 Å². The maximum Gasteiger partial charge on any atom is 0.316 e. The Hall–Kier alpha value is -6.41. The number of benzene rings is 6. The molecule has 0 radical (unpaired) electrons. The molecule has 0 saturated heterocycles. The first-order valence-electron chi connectivity index (χ1n) is 21.9. The second-order valence-corrected chi connectivity index (χ2v) is 24.9. The monoisotopic (exact) mass is 1050 g/mol. The smallest absolute Gasteiger partial charge is 0.316 e. The summed E-state index contributed by atoms with van der Waals surface area (Å²) in [4.78, 5) is 14.9. The summed E-state index contributed by atoms with van der Waals surface area (Å²) >= 11 is 0. The zero-order valence-corrected chi connectivity index (χ0v) is 41.4. The Labute approximate surface area is 395 Å². The molecule has 8 nitrogen and oxygen atoms in total. The van der Waals surface area contributed by atoms with Gasteiger partial charge in [0.25, 0.3) is 0 Å². The van der Waals surface area contributed by atoms with E-state index in [9.17, 15) is 5.11 Å². The van der Waals surface area contributed by atoms with Gasteiger partial charge in [0.15, 0.2) is 0 Å². The number of para-hydroxylation sites is 1. The van der Waals surface area contributed by atoms with E-state index in [2.05, 4.69) is 179 Å². The maximum absolute atomic E-state index is 12.5. The predicted octanol–water partition coefficient (Wildman–Crippen LogP) is 13.2. The van der Waals surface area contributed by atoms with Gasteiger partial charge in [-0.05, 0) is 57.3 Å². The molecule has 0 aliphatic heterocycles. The first-order chi connectivity index (χ1) is 30.5. The number of oxazole rings is 1. The number of aromatic nitrogens is 6. The number of aromatic hydroxyl groups is 1. The van der Waals surface area contributed by atoms with Crippen molar-refractivity contribution in [3.05, 3.63) is 157 Å². The van der Waals surface area contributed by atoms with Crippen LogP contribution in [0.15, 0.2) is 144 Å². The third-order valence-corrected chi connectivity index (χ3v) is 14.3. The average molecular weight is 1050 g/mol. The number of rotatable bonds is 7. The molecule has 328 valence electrons. The Bertz CT molecular complexity index is 3410. The fourth-order valence-corrected chi connectivity index (χ4v) is 9.84. The zero-order valence-electron chi connectivity index (χ0n) is 38.1. The van der Waals surface area contributed by atoms with Gasteiger partial charge in [-0.15, -0.1) is 11.6 Å². The summed E-state index contributed by atoms with van der Waals surface area (Å²) in [5.41, 5.74) is 13.4. The molecule has 6 aromatic carbocycles. The average Bonchev–Trinajstić information content (AvgIpc) is 3.99. The minimum absolute atomic E-state index is 0. The molecule has 0 fully saturated rings. The largest absolute Gasteiger partial charge is 0.507 e. The van der Waals surface area contributed by atoms with E-state index >= 15 is 0 Å². The molecule has 0 unspecified atom stereocenters. The van der Waals surface area contributed by atoms with Gasteiger partial charge in [0.05, 0.1) is 35.9 Å². The van der Waals surface area contributed by atoms with Crippen LogP contribution in [-0.2, 0) is 31.9 Å². The summed E-state index contributed by atoms with van der Waals surface area (Å²) < 4.78 is 10.4. The summed E-state index contributed by atoms with van der Waals surface area (Å²) in [5, 5.41) is 18.5. The molecule has 10 rings (SSSR count). The molecule has 0 atom stereocenters. The Morgan fingerprint density at radius 3 is 2.08 bits per heavy atom. The molecule has 10 heteroatoms. The topological polar surface area (TPSA) is 94.3 Å². The van der Waals surface area contributed by atoms with Crippen molar-refractivity contribution in [3.8, 4) is 67.5 Å². The van der Waals surface area contributed by atoms with Gasteiger partial charge in [-0.1, -0.05) is 181 Å². The van der Waals surface area contributed by atoms with Crippen LogP contribution in [0.3, 0.4) is 0 Å². The van der Waals surface area contributed by atoms with Crippen LogP contribution in [0.2, 0.25) is 19.6 Å². The van der Waals surface area contributed by atoms with E-state index in [0.29, 0.717) is 34.1 Å². The zero-order chi connectivity index (χ0) is 44.7. The molecular weight excluding hydrogens is 1000 g/mol. The molecule has 0 aliphatic carbocycles. The molecule has 0 spiro atoms. The molecule has 65 heavy (non-hydrogen) atoms. The summed E-state index contributed by atoms with van der Waals surface area (Å²) in [6.07, 6.45) is 3.33. The minimum Gasteiger partial charge on any atom is -0.507 e. The number of fused-ring (bicyclic) bond motifs is 4. The quantitative estimate of drug-likeness (QED) is 0.126. The molecule has 4 aromatic heterocycles. The molecule has 0 amide bonds.